The minimum Gasteiger partial charge on any atom is -0.479 e. The Morgan fingerprint density at radius 2 is 1.74 bits per heavy atom. The third-order valence-corrected chi connectivity index (χ3v) is 2.44. The van der Waals surface area contributed by atoms with Crippen molar-refractivity contribution in [2.75, 3.05) is 13.1 Å². The van der Waals surface area contributed by atoms with Gasteiger partial charge in [0.25, 0.3) is 5.92 Å². The van der Waals surface area contributed by atoms with Gasteiger partial charge < -0.3 is 9.84 Å². The lowest BCUT2D eigenvalue weighted by Gasteiger charge is -2.39. The molecule has 1 aliphatic heterocycles. The number of piperidine rings is 1. The van der Waals surface area contributed by atoms with Crippen LogP contribution in [0.5, 0.6) is 0 Å². The third kappa shape index (κ3) is 4.00. The normalized spacial score (nSPS) is 26.9. The number of aliphatic carboxylic acids is 1. The predicted octanol–water partition coefficient (Wildman–Crippen LogP) is 2.06. The highest BCUT2D eigenvalue weighted by Gasteiger charge is 2.55. The molecular formula is C11H16F3NO4. The summed E-state index contributed by atoms with van der Waals surface area (Å²) in [6, 6.07) is 0. The zero-order chi connectivity index (χ0) is 15.1. The molecular weight excluding hydrogens is 267 g/mol. The number of amides is 1. The van der Waals surface area contributed by atoms with Crippen LogP contribution in [0.25, 0.3) is 0 Å². The molecule has 0 saturated carbocycles. The lowest BCUT2D eigenvalue weighted by molar-refractivity contribution is -0.171. The number of hydrogen-bond donors (Lipinski definition) is 1. The third-order valence-electron chi connectivity index (χ3n) is 2.44. The van der Waals surface area contributed by atoms with Crippen LogP contribution >= 0.6 is 0 Å². The van der Waals surface area contributed by atoms with Gasteiger partial charge in [-0.1, -0.05) is 0 Å². The molecule has 8 heteroatoms. The monoisotopic (exact) mass is 283 g/mol. The molecule has 1 heterocycles. The van der Waals surface area contributed by atoms with Crippen LogP contribution < -0.4 is 0 Å². The molecule has 1 aliphatic rings. The largest absolute Gasteiger partial charge is 0.479 e. The first kappa shape index (κ1) is 15.6. The topological polar surface area (TPSA) is 66.8 Å². The number of halogens is 3. The molecule has 1 rings (SSSR count). The quantitative estimate of drug-likeness (QED) is 0.800. The van der Waals surface area contributed by atoms with Crippen LogP contribution in [-0.2, 0) is 9.53 Å². The van der Waals surface area contributed by atoms with Crippen molar-refractivity contribution in [3.63, 3.8) is 0 Å². The van der Waals surface area contributed by atoms with E-state index < -0.39 is 48.8 Å². The molecule has 0 aromatic rings. The molecule has 1 amide bonds. The Balaban J connectivity index is 2.91. The molecule has 1 atom stereocenters. The van der Waals surface area contributed by atoms with Crippen molar-refractivity contribution in [2.45, 2.75) is 44.4 Å². The van der Waals surface area contributed by atoms with Crippen LogP contribution in [0.3, 0.4) is 0 Å². The molecule has 1 saturated heterocycles. The molecule has 0 spiro atoms. The lowest BCUT2D eigenvalue weighted by Crippen LogP contribution is -2.59. The highest BCUT2D eigenvalue weighted by Crippen LogP contribution is 2.36. The van der Waals surface area contributed by atoms with Crippen LogP contribution in [0.2, 0.25) is 0 Å². The molecule has 0 aromatic carbocycles. The summed E-state index contributed by atoms with van der Waals surface area (Å²) in [4.78, 5) is 22.7. The molecule has 0 bridgehead atoms. The minimum absolute atomic E-state index is 0.392. The van der Waals surface area contributed by atoms with Gasteiger partial charge in [-0.2, -0.15) is 0 Å². The van der Waals surface area contributed by atoms with Crippen molar-refractivity contribution in [2.24, 2.45) is 0 Å². The van der Waals surface area contributed by atoms with Crippen molar-refractivity contribution in [1.82, 2.24) is 4.90 Å². The molecule has 0 aliphatic carbocycles. The molecule has 0 unspecified atom stereocenters. The Morgan fingerprint density at radius 3 is 2.16 bits per heavy atom. The average molecular weight is 283 g/mol. The second-order valence-corrected chi connectivity index (χ2v) is 5.64. The van der Waals surface area contributed by atoms with E-state index in [9.17, 15) is 22.8 Å². The van der Waals surface area contributed by atoms with E-state index in [2.05, 4.69) is 0 Å². The van der Waals surface area contributed by atoms with Crippen molar-refractivity contribution in [3.05, 3.63) is 0 Å². The predicted molar refractivity (Wildman–Crippen MR) is 58.8 cm³/mol. The summed E-state index contributed by atoms with van der Waals surface area (Å²) < 4.78 is 45.4. The summed E-state index contributed by atoms with van der Waals surface area (Å²) in [5.74, 6) is -5.62. The Bertz CT molecular complexity index is 394. The second kappa shape index (κ2) is 4.57. The van der Waals surface area contributed by atoms with Crippen LogP contribution in [0.1, 0.15) is 27.2 Å². The summed E-state index contributed by atoms with van der Waals surface area (Å²) in [5.41, 5.74) is -4.11. The first-order valence-corrected chi connectivity index (χ1v) is 5.63. The van der Waals surface area contributed by atoms with E-state index in [1.807, 2.05) is 0 Å². The summed E-state index contributed by atoms with van der Waals surface area (Å²) >= 11 is 0. The SMILES string of the molecule is CC(C)(C)OC(=O)N1CC(F)(F)C[C@@](F)(C(=O)O)C1. The smallest absolute Gasteiger partial charge is 0.410 e. The van der Waals surface area contributed by atoms with Gasteiger partial charge in [-0.3, -0.25) is 4.90 Å². The minimum atomic E-state index is -3.61. The van der Waals surface area contributed by atoms with Gasteiger partial charge in [-0.15, -0.1) is 0 Å². The molecule has 1 fully saturated rings. The van der Waals surface area contributed by atoms with Crippen LogP contribution in [0, 0.1) is 0 Å². The summed E-state index contributed by atoms with van der Waals surface area (Å²) in [5, 5.41) is 8.67. The maximum absolute atomic E-state index is 13.9. The fraction of sp³-hybridized carbons (Fsp3) is 0.818. The highest BCUT2D eigenvalue weighted by molar-refractivity contribution is 5.79. The van der Waals surface area contributed by atoms with Gasteiger partial charge in [-0.05, 0) is 20.8 Å². The Labute approximate surface area is 108 Å². The zero-order valence-electron chi connectivity index (χ0n) is 10.9. The van der Waals surface area contributed by atoms with E-state index in [0.29, 0.717) is 4.90 Å². The number of nitrogens with zero attached hydrogens (tertiary/aromatic N) is 1. The number of rotatable bonds is 1. The maximum atomic E-state index is 13.9. The number of carboxylic acid groups (broad SMARTS) is 1. The first-order valence-electron chi connectivity index (χ1n) is 5.63. The van der Waals surface area contributed by atoms with E-state index in [4.69, 9.17) is 9.84 Å². The van der Waals surface area contributed by atoms with Gasteiger partial charge in [-0.25, -0.2) is 22.8 Å². The molecule has 110 valence electrons. The average Bonchev–Trinajstić information content (AvgIpc) is 2.11. The summed E-state index contributed by atoms with van der Waals surface area (Å²) in [7, 11) is 0. The van der Waals surface area contributed by atoms with Crippen molar-refractivity contribution < 1.29 is 32.6 Å². The van der Waals surface area contributed by atoms with Gasteiger partial charge in [0.1, 0.15) is 5.60 Å². The Morgan fingerprint density at radius 1 is 1.21 bits per heavy atom. The van der Waals surface area contributed by atoms with Crippen LogP contribution in [0.15, 0.2) is 0 Å². The summed E-state index contributed by atoms with van der Waals surface area (Å²) in [6.45, 7) is 2.56. The second-order valence-electron chi connectivity index (χ2n) is 5.64. The van der Waals surface area contributed by atoms with E-state index in [1.54, 1.807) is 0 Å². The number of likely N-dealkylation sites (tertiary alicyclic amines) is 1. The van der Waals surface area contributed by atoms with E-state index in [-0.39, 0.29) is 0 Å². The Kier molecular flexibility index (Phi) is 3.75. The number of ether oxygens (including phenoxy) is 1. The number of carbonyl (C=O) groups is 2. The molecule has 0 aromatic heterocycles. The molecule has 5 nitrogen and oxygen atoms in total. The first-order chi connectivity index (χ1) is 8.35. The highest BCUT2D eigenvalue weighted by atomic mass is 19.3. The Hall–Kier alpha value is -1.47. The fourth-order valence-electron chi connectivity index (χ4n) is 1.76. The van der Waals surface area contributed by atoms with Crippen molar-refractivity contribution in [1.29, 1.82) is 0 Å². The fourth-order valence-corrected chi connectivity index (χ4v) is 1.76. The number of carboxylic acids is 1. The van der Waals surface area contributed by atoms with E-state index in [0.717, 1.165) is 0 Å². The van der Waals surface area contributed by atoms with Gasteiger partial charge in [0.2, 0.25) is 5.67 Å². The van der Waals surface area contributed by atoms with E-state index >= 15 is 0 Å². The van der Waals surface area contributed by atoms with E-state index in [1.165, 1.54) is 20.8 Å². The van der Waals surface area contributed by atoms with Gasteiger partial charge >= 0.3 is 12.1 Å². The maximum Gasteiger partial charge on any atom is 0.410 e. The molecule has 1 N–H and O–H groups in total. The van der Waals surface area contributed by atoms with Crippen LogP contribution in [0.4, 0.5) is 18.0 Å². The number of hydrogen-bond acceptors (Lipinski definition) is 3. The molecule has 0 radical (unpaired) electrons. The summed E-state index contributed by atoms with van der Waals surface area (Å²) in [6.07, 6.45) is -2.61. The van der Waals surface area contributed by atoms with Gasteiger partial charge in [0, 0.05) is 0 Å². The number of carbonyl (C=O) groups excluding carboxylic acids is 1. The lowest BCUT2D eigenvalue weighted by atomic mass is 9.92. The van der Waals surface area contributed by atoms with Gasteiger partial charge in [0.15, 0.2) is 0 Å². The number of alkyl halides is 3. The zero-order valence-corrected chi connectivity index (χ0v) is 10.9. The standard InChI is InChI=1S/C11H16F3NO4/c1-9(2,3)19-8(18)15-5-10(12,7(16)17)4-11(13,14)6-15/h4-6H2,1-3H3,(H,16,17)/t10-/m0/s1. The van der Waals surface area contributed by atoms with Crippen LogP contribution in [-0.4, -0.2) is 52.4 Å². The van der Waals surface area contributed by atoms with Crippen molar-refractivity contribution >= 4 is 12.1 Å². The van der Waals surface area contributed by atoms with Gasteiger partial charge in [0.05, 0.1) is 19.5 Å². The molecule has 19 heavy (non-hydrogen) atoms. The van der Waals surface area contributed by atoms with Crippen molar-refractivity contribution in [3.8, 4) is 0 Å².